The molecule has 0 aromatic carbocycles. The van der Waals surface area contributed by atoms with Crippen LogP contribution in [0.2, 0.25) is 22.2 Å². The lowest BCUT2D eigenvalue weighted by Gasteiger charge is -2.57. The molecule has 5 rings (SSSR count). The lowest BCUT2D eigenvalue weighted by atomic mass is 10.4. The van der Waals surface area contributed by atoms with Crippen molar-refractivity contribution in [2.24, 2.45) is 0 Å². The molecule has 5 fully saturated rings. The lowest BCUT2D eigenvalue weighted by molar-refractivity contribution is 0.0793. The van der Waals surface area contributed by atoms with Gasteiger partial charge in [0.05, 0.1) is 24.9 Å². The Balaban J connectivity index is 1.72. The molecule has 8 nitrogen and oxygen atoms in total. The van der Waals surface area contributed by atoms with Gasteiger partial charge in [-0.1, -0.05) is 51.4 Å². The fourth-order valence-electron chi connectivity index (χ4n) is 9.07. The first-order chi connectivity index (χ1) is 21.5. The van der Waals surface area contributed by atoms with E-state index in [-0.39, 0.29) is 0 Å². The third kappa shape index (κ3) is 7.88. The maximum Gasteiger partial charge on any atom is 0.350 e. The SMILES string of the molecule is CCOC[Si]1(C2CCCC2)O[Si](COCC)(C2CCCC2)O[Si](COCC)(C2CCCC2)O[Si](COCC)(C2CCCC2)O1. The van der Waals surface area contributed by atoms with Gasteiger partial charge < -0.3 is 35.4 Å². The first-order valence-corrected chi connectivity index (χ1v) is 27.0. The molecule has 0 bridgehead atoms. The highest BCUT2D eigenvalue weighted by Crippen LogP contribution is 2.55. The van der Waals surface area contributed by atoms with Gasteiger partial charge in [-0.15, -0.1) is 0 Å². The Morgan fingerprint density at radius 1 is 0.364 bits per heavy atom. The third-order valence-corrected chi connectivity index (χ3v) is 32.1. The standard InChI is InChI=1S/C32H64O8Si4/c1-5-33-25-41(29-17-9-10-18-29)37-42(26-34-6-2,30-19-11-12-20-30)39-44(28-36-8-4,32-23-15-16-24-32)40-43(38-41,27-35-7-3)31-21-13-14-22-31/h29-32H,5-28H2,1-4H3. The lowest BCUT2D eigenvalue weighted by Crippen LogP contribution is -2.77. The van der Waals surface area contributed by atoms with E-state index in [1.807, 2.05) is 0 Å². The van der Waals surface area contributed by atoms with Gasteiger partial charge in [-0.2, -0.15) is 0 Å². The molecular formula is C32H64O8Si4. The molecule has 1 aliphatic heterocycles. The van der Waals surface area contributed by atoms with Crippen LogP contribution in [0.5, 0.6) is 0 Å². The van der Waals surface area contributed by atoms with Crippen LogP contribution in [0.4, 0.5) is 0 Å². The number of rotatable bonds is 16. The van der Waals surface area contributed by atoms with Crippen molar-refractivity contribution >= 4 is 34.2 Å². The Hall–Kier alpha value is 0.548. The van der Waals surface area contributed by atoms with E-state index in [4.69, 9.17) is 35.4 Å². The summed E-state index contributed by atoms with van der Waals surface area (Å²) >= 11 is 0. The zero-order valence-electron chi connectivity index (χ0n) is 28.5. The smallest absolute Gasteiger partial charge is 0.350 e. The summed E-state index contributed by atoms with van der Waals surface area (Å²) in [5.41, 5.74) is 1.55. The van der Waals surface area contributed by atoms with Crippen LogP contribution in [0.3, 0.4) is 0 Å². The van der Waals surface area contributed by atoms with Crippen LogP contribution in [0, 0.1) is 0 Å². The van der Waals surface area contributed by atoms with E-state index < -0.39 is 34.2 Å². The molecule has 44 heavy (non-hydrogen) atoms. The van der Waals surface area contributed by atoms with Crippen molar-refractivity contribution in [2.45, 2.75) is 153 Å². The van der Waals surface area contributed by atoms with Crippen LogP contribution in [0.1, 0.15) is 130 Å². The van der Waals surface area contributed by atoms with Crippen LogP contribution in [0.25, 0.3) is 0 Å². The molecule has 12 heteroatoms. The second-order valence-electron chi connectivity index (χ2n) is 14.1. The van der Waals surface area contributed by atoms with Gasteiger partial charge in [0.1, 0.15) is 0 Å². The Labute approximate surface area is 272 Å². The summed E-state index contributed by atoms with van der Waals surface area (Å²) < 4.78 is 58.3. The van der Waals surface area contributed by atoms with Crippen LogP contribution < -0.4 is 0 Å². The fourth-order valence-corrected chi connectivity index (χ4v) is 35.9. The maximum atomic E-state index is 8.09. The molecule has 0 aromatic rings. The molecule has 0 unspecified atom stereocenters. The van der Waals surface area contributed by atoms with E-state index in [9.17, 15) is 0 Å². The Bertz CT molecular complexity index is 700. The Kier molecular flexibility index (Phi) is 13.7. The van der Waals surface area contributed by atoms with Crippen LogP contribution in [0.15, 0.2) is 0 Å². The summed E-state index contributed by atoms with van der Waals surface area (Å²) in [4.78, 5) is 0. The molecule has 0 aromatic heterocycles. The fraction of sp³-hybridized carbons (Fsp3) is 1.00. The minimum absolute atomic E-state index is 0.388. The molecular weight excluding hydrogens is 625 g/mol. The maximum absolute atomic E-state index is 8.09. The summed E-state index contributed by atoms with van der Waals surface area (Å²) in [6, 6.07) is 0. The largest absolute Gasteiger partial charge is 0.412 e. The van der Waals surface area contributed by atoms with Gasteiger partial charge in [0.2, 0.25) is 0 Å². The second-order valence-corrected chi connectivity index (χ2v) is 28.3. The monoisotopic (exact) mass is 688 g/mol. The van der Waals surface area contributed by atoms with Crippen molar-refractivity contribution in [3.8, 4) is 0 Å². The molecule has 0 spiro atoms. The van der Waals surface area contributed by atoms with Crippen molar-refractivity contribution in [3.05, 3.63) is 0 Å². The van der Waals surface area contributed by atoms with Gasteiger partial charge in [-0.05, 0) is 79.1 Å². The molecule has 256 valence electrons. The summed E-state index contributed by atoms with van der Waals surface area (Å²) in [5.74, 6) is 0. The average molecular weight is 689 g/mol. The predicted molar refractivity (Wildman–Crippen MR) is 182 cm³/mol. The molecule has 5 aliphatic rings. The highest BCUT2D eigenvalue weighted by molar-refractivity contribution is 6.96. The van der Waals surface area contributed by atoms with Crippen molar-refractivity contribution in [1.29, 1.82) is 0 Å². The molecule has 0 radical (unpaired) electrons. The zero-order chi connectivity index (χ0) is 30.9. The molecule has 0 amide bonds. The van der Waals surface area contributed by atoms with E-state index in [2.05, 4.69) is 27.7 Å². The van der Waals surface area contributed by atoms with E-state index >= 15 is 0 Å². The summed E-state index contributed by atoms with van der Waals surface area (Å²) in [7, 11) is -12.1. The highest BCUT2D eigenvalue weighted by Gasteiger charge is 2.70. The topological polar surface area (TPSA) is 73.8 Å². The van der Waals surface area contributed by atoms with Crippen LogP contribution in [-0.4, -0.2) is 85.6 Å². The van der Waals surface area contributed by atoms with E-state index in [0.29, 0.717) is 73.5 Å². The highest BCUT2D eigenvalue weighted by atomic mass is 28.5. The summed E-state index contributed by atoms with van der Waals surface area (Å²) in [6.45, 7) is 11.1. The molecule has 0 N–H and O–H groups in total. The quantitative estimate of drug-likeness (QED) is 0.152. The normalized spacial score (nSPS) is 36.8. The van der Waals surface area contributed by atoms with Gasteiger partial charge in [0.25, 0.3) is 0 Å². The predicted octanol–water partition coefficient (Wildman–Crippen LogP) is 7.91. The number of ether oxygens (including phenoxy) is 4. The Morgan fingerprint density at radius 3 is 0.705 bits per heavy atom. The van der Waals surface area contributed by atoms with Crippen molar-refractivity contribution in [3.63, 3.8) is 0 Å². The molecule has 4 saturated carbocycles. The van der Waals surface area contributed by atoms with Gasteiger partial charge in [-0.3, -0.25) is 0 Å². The van der Waals surface area contributed by atoms with E-state index in [0.717, 1.165) is 51.4 Å². The van der Waals surface area contributed by atoms with E-state index in [1.54, 1.807) is 0 Å². The number of hydrogen-bond acceptors (Lipinski definition) is 8. The summed E-state index contributed by atoms with van der Waals surface area (Å²) in [6.07, 6.45) is 21.3. The van der Waals surface area contributed by atoms with Gasteiger partial charge in [-0.25, -0.2) is 0 Å². The van der Waals surface area contributed by atoms with Crippen LogP contribution in [-0.2, 0) is 35.4 Å². The molecule has 1 saturated heterocycles. The zero-order valence-corrected chi connectivity index (χ0v) is 32.5. The third-order valence-electron chi connectivity index (χ3n) is 11.3. The molecule has 4 aliphatic carbocycles. The van der Waals surface area contributed by atoms with Gasteiger partial charge in [0, 0.05) is 48.6 Å². The minimum atomic E-state index is -3.02. The minimum Gasteiger partial charge on any atom is -0.412 e. The van der Waals surface area contributed by atoms with Gasteiger partial charge >= 0.3 is 34.2 Å². The number of hydrogen-bond donors (Lipinski definition) is 0. The van der Waals surface area contributed by atoms with Crippen molar-refractivity contribution < 1.29 is 35.4 Å². The van der Waals surface area contributed by atoms with Crippen LogP contribution >= 0.6 is 0 Å². The second kappa shape index (κ2) is 16.8. The average Bonchev–Trinajstić information content (AvgIpc) is 3.86. The Morgan fingerprint density at radius 2 is 0.545 bits per heavy atom. The van der Waals surface area contributed by atoms with E-state index in [1.165, 1.54) is 51.4 Å². The first-order valence-electron chi connectivity index (χ1n) is 18.6. The van der Waals surface area contributed by atoms with Gasteiger partial charge in [0.15, 0.2) is 0 Å². The van der Waals surface area contributed by atoms with Crippen molar-refractivity contribution in [2.75, 3.05) is 51.3 Å². The summed E-state index contributed by atoms with van der Waals surface area (Å²) in [5, 5.41) is 0. The van der Waals surface area contributed by atoms with Crippen molar-refractivity contribution in [1.82, 2.24) is 0 Å². The molecule has 0 atom stereocenters. The molecule has 1 heterocycles. The first kappa shape index (κ1) is 35.8.